The summed E-state index contributed by atoms with van der Waals surface area (Å²) in [6, 6.07) is 0.586. The number of hydrogen-bond acceptors (Lipinski definition) is 1. The third-order valence-corrected chi connectivity index (χ3v) is 3.86. The number of nitrogens with one attached hydrogen (secondary N) is 1. The third-order valence-electron chi connectivity index (χ3n) is 3.86. The number of β-lactam (4-membered cyclic amide) rings is 1. The smallest absolute Gasteiger partial charge is 0.225 e. The van der Waals surface area contributed by atoms with Crippen molar-refractivity contribution in [1.82, 2.24) is 5.32 Å². The maximum atomic E-state index is 11.2. The van der Waals surface area contributed by atoms with Gasteiger partial charge in [0.1, 0.15) is 0 Å². The Bertz CT molecular complexity index is 226. The highest BCUT2D eigenvalue weighted by molar-refractivity contribution is 5.86. The van der Waals surface area contributed by atoms with E-state index in [2.05, 4.69) is 5.32 Å². The Morgan fingerprint density at radius 1 is 1.25 bits per heavy atom. The van der Waals surface area contributed by atoms with Crippen LogP contribution in [0, 0.1) is 17.8 Å². The molecule has 0 aromatic carbocycles. The summed E-state index contributed by atoms with van der Waals surface area (Å²) in [6.45, 7) is 0. The number of carbonyl (C=O) groups is 1. The number of hydrogen-bond donors (Lipinski definition) is 1. The molecule has 3 aliphatic rings. The second-order valence-corrected chi connectivity index (χ2v) is 4.58. The summed E-state index contributed by atoms with van der Waals surface area (Å²) in [5.41, 5.74) is 0. The number of fused-ring (bicyclic) bond motifs is 3. The van der Waals surface area contributed by atoms with Gasteiger partial charge in [-0.1, -0.05) is 19.3 Å². The molecule has 12 heavy (non-hydrogen) atoms. The second-order valence-electron chi connectivity index (χ2n) is 4.58. The summed E-state index contributed by atoms with van der Waals surface area (Å²) in [4.78, 5) is 11.2. The van der Waals surface area contributed by atoms with Crippen LogP contribution >= 0.6 is 0 Å². The van der Waals surface area contributed by atoms with Crippen LogP contribution in [-0.2, 0) is 4.79 Å². The van der Waals surface area contributed by atoms with Crippen LogP contribution in [0.1, 0.15) is 32.1 Å². The molecule has 3 fully saturated rings. The van der Waals surface area contributed by atoms with Crippen molar-refractivity contribution >= 4 is 5.91 Å². The fraction of sp³-hybridized carbons (Fsp3) is 0.900. The molecule has 0 spiro atoms. The first-order valence-corrected chi connectivity index (χ1v) is 5.16. The zero-order valence-corrected chi connectivity index (χ0v) is 7.25. The number of carbonyl (C=O) groups excluding carboxylic acids is 1. The van der Waals surface area contributed by atoms with Gasteiger partial charge in [0.15, 0.2) is 0 Å². The Balaban J connectivity index is 1.75. The first-order valence-electron chi connectivity index (χ1n) is 5.16. The van der Waals surface area contributed by atoms with E-state index in [1.165, 1.54) is 25.7 Å². The molecule has 1 saturated heterocycles. The molecular formula is C10H15NO. The highest BCUT2D eigenvalue weighted by Crippen LogP contribution is 2.50. The standard InChI is InChI=1S/C10H15NO/c12-10-7-4-2-1-3-6-5-8(6)9(7)11-10/h6-9H,1-5H2,(H,11,12)/t6-,7-,8+,9-/m1/s1. The lowest BCUT2D eigenvalue weighted by atomic mass is 9.80. The van der Waals surface area contributed by atoms with Crippen LogP contribution in [0.15, 0.2) is 0 Å². The molecule has 1 amide bonds. The zero-order valence-electron chi connectivity index (χ0n) is 7.25. The average Bonchev–Trinajstić information content (AvgIpc) is 2.75. The van der Waals surface area contributed by atoms with Crippen LogP contribution in [0.25, 0.3) is 0 Å². The largest absolute Gasteiger partial charge is 0.352 e. The minimum Gasteiger partial charge on any atom is -0.352 e. The van der Waals surface area contributed by atoms with E-state index in [1.54, 1.807) is 0 Å². The molecule has 66 valence electrons. The van der Waals surface area contributed by atoms with Crippen LogP contribution in [0.5, 0.6) is 0 Å². The third kappa shape index (κ3) is 0.838. The molecule has 3 rings (SSSR count). The maximum Gasteiger partial charge on any atom is 0.225 e. The van der Waals surface area contributed by atoms with Crippen LogP contribution in [0.4, 0.5) is 0 Å². The number of rotatable bonds is 0. The summed E-state index contributed by atoms with van der Waals surface area (Å²) >= 11 is 0. The fourth-order valence-corrected chi connectivity index (χ4v) is 2.97. The van der Waals surface area contributed by atoms with E-state index in [4.69, 9.17) is 0 Å². The lowest BCUT2D eigenvalue weighted by Gasteiger charge is -2.38. The van der Waals surface area contributed by atoms with E-state index in [9.17, 15) is 4.79 Å². The highest BCUT2D eigenvalue weighted by Gasteiger charge is 2.53. The molecule has 1 N–H and O–H groups in total. The summed E-state index contributed by atoms with van der Waals surface area (Å²) in [7, 11) is 0. The minimum atomic E-state index is 0.326. The molecule has 2 aliphatic carbocycles. The molecule has 2 saturated carbocycles. The van der Waals surface area contributed by atoms with E-state index >= 15 is 0 Å². The van der Waals surface area contributed by atoms with Gasteiger partial charge in [-0.05, 0) is 24.7 Å². The summed E-state index contributed by atoms with van der Waals surface area (Å²) < 4.78 is 0. The van der Waals surface area contributed by atoms with Crippen LogP contribution in [-0.4, -0.2) is 11.9 Å². The number of amides is 1. The molecule has 0 radical (unpaired) electrons. The van der Waals surface area contributed by atoms with Gasteiger partial charge in [-0.25, -0.2) is 0 Å². The van der Waals surface area contributed by atoms with Crippen LogP contribution < -0.4 is 5.32 Å². The van der Waals surface area contributed by atoms with Crippen molar-refractivity contribution in [3.05, 3.63) is 0 Å². The molecule has 0 bridgehead atoms. The van der Waals surface area contributed by atoms with Gasteiger partial charge < -0.3 is 5.32 Å². The molecule has 0 aromatic rings. The van der Waals surface area contributed by atoms with Gasteiger partial charge in [-0.15, -0.1) is 0 Å². The van der Waals surface area contributed by atoms with E-state index in [-0.39, 0.29) is 0 Å². The first kappa shape index (κ1) is 6.93. The second kappa shape index (κ2) is 2.24. The van der Waals surface area contributed by atoms with E-state index in [0.29, 0.717) is 17.9 Å². The minimum absolute atomic E-state index is 0.326. The van der Waals surface area contributed by atoms with Crippen LogP contribution in [0.3, 0.4) is 0 Å². The summed E-state index contributed by atoms with van der Waals surface area (Å²) in [5, 5.41) is 3.06. The summed E-state index contributed by atoms with van der Waals surface area (Å²) in [6.07, 6.45) is 6.60. The van der Waals surface area contributed by atoms with Gasteiger partial charge in [0.25, 0.3) is 0 Å². The topological polar surface area (TPSA) is 29.1 Å². The van der Waals surface area contributed by atoms with E-state index in [0.717, 1.165) is 18.3 Å². The molecule has 2 heteroatoms. The fourth-order valence-electron chi connectivity index (χ4n) is 2.97. The van der Waals surface area contributed by atoms with Crippen molar-refractivity contribution in [2.45, 2.75) is 38.1 Å². The van der Waals surface area contributed by atoms with E-state index < -0.39 is 0 Å². The molecule has 1 aliphatic heterocycles. The Hall–Kier alpha value is -0.530. The van der Waals surface area contributed by atoms with Crippen molar-refractivity contribution in [2.24, 2.45) is 17.8 Å². The van der Waals surface area contributed by atoms with Crippen molar-refractivity contribution in [2.75, 3.05) is 0 Å². The molecule has 4 atom stereocenters. The van der Waals surface area contributed by atoms with Crippen molar-refractivity contribution in [3.8, 4) is 0 Å². The Morgan fingerprint density at radius 3 is 2.92 bits per heavy atom. The lowest BCUT2D eigenvalue weighted by molar-refractivity contribution is -0.136. The Labute approximate surface area is 72.7 Å². The predicted molar refractivity (Wildman–Crippen MR) is 45.5 cm³/mol. The Kier molecular flexibility index (Phi) is 1.29. The molecule has 0 unspecified atom stereocenters. The van der Waals surface area contributed by atoms with Gasteiger partial charge >= 0.3 is 0 Å². The van der Waals surface area contributed by atoms with Crippen LogP contribution in [0.2, 0.25) is 0 Å². The van der Waals surface area contributed by atoms with E-state index in [1.807, 2.05) is 0 Å². The SMILES string of the molecule is O=C1N[C@H]2[C@H]3C[C@H]3CCCC[C@@H]12. The van der Waals surface area contributed by atoms with Crippen molar-refractivity contribution < 1.29 is 4.79 Å². The van der Waals surface area contributed by atoms with Gasteiger partial charge in [-0.3, -0.25) is 4.79 Å². The molecule has 0 aromatic heterocycles. The summed E-state index contributed by atoms with van der Waals surface area (Å²) in [5.74, 6) is 2.57. The zero-order chi connectivity index (χ0) is 8.13. The lowest BCUT2D eigenvalue weighted by Crippen LogP contribution is -2.59. The van der Waals surface area contributed by atoms with Gasteiger partial charge in [0.2, 0.25) is 5.91 Å². The molecule has 1 heterocycles. The molecule has 2 nitrogen and oxygen atoms in total. The predicted octanol–water partition coefficient (Wildman–Crippen LogP) is 1.31. The quantitative estimate of drug-likeness (QED) is 0.539. The monoisotopic (exact) mass is 165 g/mol. The Morgan fingerprint density at radius 2 is 2.08 bits per heavy atom. The molecular weight excluding hydrogens is 150 g/mol. The maximum absolute atomic E-state index is 11.2. The van der Waals surface area contributed by atoms with Gasteiger partial charge in [0, 0.05) is 6.04 Å². The first-order chi connectivity index (χ1) is 5.86. The van der Waals surface area contributed by atoms with Crippen molar-refractivity contribution in [1.29, 1.82) is 0 Å². The van der Waals surface area contributed by atoms with Gasteiger partial charge in [0.05, 0.1) is 5.92 Å². The normalized spacial score (nSPS) is 50.5. The average molecular weight is 165 g/mol. The van der Waals surface area contributed by atoms with Gasteiger partial charge in [-0.2, -0.15) is 0 Å². The van der Waals surface area contributed by atoms with Crippen molar-refractivity contribution in [3.63, 3.8) is 0 Å². The highest BCUT2D eigenvalue weighted by atomic mass is 16.2.